The van der Waals surface area contributed by atoms with Gasteiger partial charge in [-0.05, 0) is 36.8 Å². The zero-order valence-electron chi connectivity index (χ0n) is 14.8. The Morgan fingerprint density at radius 3 is 2.32 bits per heavy atom. The van der Waals surface area contributed by atoms with Crippen molar-refractivity contribution in [2.75, 3.05) is 27.9 Å². The first-order valence-corrected chi connectivity index (χ1v) is 7.81. The van der Waals surface area contributed by atoms with Crippen LogP contribution in [0, 0.1) is 11.3 Å². The topological polar surface area (TPSA) is 60.7 Å². The van der Waals surface area contributed by atoms with Crippen molar-refractivity contribution in [1.29, 1.82) is 5.26 Å². The number of ether oxygens (including phenoxy) is 4. The van der Waals surface area contributed by atoms with Crippen molar-refractivity contribution in [2.45, 2.75) is 6.92 Å². The fraction of sp³-hybridized carbons (Fsp3) is 0.250. The minimum Gasteiger partial charge on any atom is -0.497 e. The molecule has 0 aliphatic rings. The predicted molar refractivity (Wildman–Crippen MR) is 96.4 cm³/mol. The van der Waals surface area contributed by atoms with Gasteiger partial charge >= 0.3 is 0 Å². The van der Waals surface area contributed by atoms with Gasteiger partial charge in [0, 0.05) is 23.3 Å². The standard InChI is InChI=1S/C20H21NO4/c1-5-25-19-13-15(22-2)7-8-17(19)16(10-11-21)14-6-9-18(23-3)20(12-14)24-4/h6-10,12-13H,5H2,1-4H3. The lowest BCUT2D eigenvalue weighted by molar-refractivity contribution is 0.335. The molecular weight excluding hydrogens is 318 g/mol. The van der Waals surface area contributed by atoms with Gasteiger partial charge in [0.2, 0.25) is 0 Å². The minimum atomic E-state index is 0.506. The second-order valence-electron chi connectivity index (χ2n) is 5.05. The molecule has 2 rings (SSSR count). The predicted octanol–water partition coefficient (Wildman–Crippen LogP) is 4.07. The Morgan fingerprint density at radius 2 is 1.72 bits per heavy atom. The van der Waals surface area contributed by atoms with E-state index in [2.05, 4.69) is 6.07 Å². The van der Waals surface area contributed by atoms with Crippen LogP contribution in [0.4, 0.5) is 0 Å². The number of hydrogen-bond donors (Lipinski definition) is 0. The largest absolute Gasteiger partial charge is 0.497 e. The molecule has 5 heteroatoms. The van der Waals surface area contributed by atoms with Gasteiger partial charge in [-0.25, -0.2) is 0 Å². The maximum atomic E-state index is 9.26. The highest BCUT2D eigenvalue weighted by molar-refractivity contribution is 5.85. The van der Waals surface area contributed by atoms with Crippen LogP contribution >= 0.6 is 0 Å². The van der Waals surface area contributed by atoms with Crippen molar-refractivity contribution in [3.8, 4) is 29.1 Å². The molecular formula is C20H21NO4. The summed E-state index contributed by atoms with van der Waals surface area (Å²) in [6, 6.07) is 13.2. The highest BCUT2D eigenvalue weighted by Crippen LogP contribution is 2.37. The minimum absolute atomic E-state index is 0.506. The molecule has 0 N–H and O–H groups in total. The monoisotopic (exact) mass is 339 g/mol. The Morgan fingerprint density at radius 1 is 0.960 bits per heavy atom. The van der Waals surface area contributed by atoms with E-state index in [0.29, 0.717) is 29.6 Å². The molecule has 0 saturated heterocycles. The molecule has 0 amide bonds. The molecule has 25 heavy (non-hydrogen) atoms. The summed E-state index contributed by atoms with van der Waals surface area (Å²) in [5.41, 5.74) is 2.36. The van der Waals surface area contributed by atoms with Crippen molar-refractivity contribution < 1.29 is 18.9 Å². The highest BCUT2D eigenvalue weighted by Gasteiger charge is 2.15. The number of nitrogens with zero attached hydrogens (tertiary/aromatic N) is 1. The first-order chi connectivity index (χ1) is 12.2. The molecule has 0 fully saturated rings. The smallest absolute Gasteiger partial charge is 0.161 e. The summed E-state index contributed by atoms with van der Waals surface area (Å²) < 4.78 is 21.7. The number of benzene rings is 2. The summed E-state index contributed by atoms with van der Waals surface area (Å²) >= 11 is 0. The molecule has 0 unspecified atom stereocenters. The van der Waals surface area contributed by atoms with Crippen LogP contribution in [0.15, 0.2) is 42.5 Å². The summed E-state index contributed by atoms with van der Waals surface area (Å²) in [5, 5.41) is 9.26. The van der Waals surface area contributed by atoms with E-state index in [4.69, 9.17) is 18.9 Å². The summed E-state index contributed by atoms with van der Waals surface area (Å²) in [7, 11) is 4.76. The molecule has 0 aliphatic heterocycles. The number of rotatable bonds is 7. The van der Waals surface area contributed by atoms with Crippen LogP contribution in [-0.4, -0.2) is 27.9 Å². The van der Waals surface area contributed by atoms with E-state index in [9.17, 15) is 5.26 Å². The SMILES string of the molecule is CCOc1cc(OC)ccc1C(=CC#N)c1ccc(OC)c(OC)c1. The second kappa shape index (κ2) is 8.65. The lowest BCUT2D eigenvalue weighted by Crippen LogP contribution is -1.99. The maximum absolute atomic E-state index is 9.26. The van der Waals surface area contributed by atoms with Crippen molar-refractivity contribution in [1.82, 2.24) is 0 Å². The van der Waals surface area contributed by atoms with Crippen LogP contribution in [0.2, 0.25) is 0 Å². The molecule has 2 aromatic rings. The van der Waals surface area contributed by atoms with E-state index < -0.39 is 0 Å². The summed E-state index contributed by atoms with van der Waals surface area (Å²) in [5.74, 6) is 2.56. The van der Waals surface area contributed by atoms with Crippen LogP contribution in [0.25, 0.3) is 5.57 Å². The average Bonchev–Trinajstić information content (AvgIpc) is 2.66. The van der Waals surface area contributed by atoms with Gasteiger partial charge < -0.3 is 18.9 Å². The van der Waals surface area contributed by atoms with Gasteiger partial charge in [-0.15, -0.1) is 0 Å². The Hall–Kier alpha value is -3.13. The number of methoxy groups -OCH3 is 3. The molecule has 2 aromatic carbocycles. The molecule has 130 valence electrons. The van der Waals surface area contributed by atoms with E-state index >= 15 is 0 Å². The number of nitriles is 1. The molecule has 0 heterocycles. The van der Waals surface area contributed by atoms with Gasteiger partial charge in [-0.3, -0.25) is 0 Å². The zero-order valence-corrected chi connectivity index (χ0v) is 14.8. The molecule has 0 spiro atoms. The molecule has 0 aromatic heterocycles. The average molecular weight is 339 g/mol. The molecule has 0 bridgehead atoms. The van der Waals surface area contributed by atoms with E-state index in [1.54, 1.807) is 21.3 Å². The van der Waals surface area contributed by atoms with E-state index in [1.165, 1.54) is 6.08 Å². The summed E-state index contributed by atoms with van der Waals surface area (Å²) in [4.78, 5) is 0. The van der Waals surface area contributed by atoms with Crippen molar-refractivity contribution in [2.24, 2.45) is 0 Å². The second-order valence-corrected chi connectivity index (χ2v) is 5.05. The lowest BCUT2D eigenvalue weighted by Gasteiger charge is -2.16. The summed E-state index contributed by atoms with van der Waals surface area (Å²) in [6.45, 7) is 2.42. The van der Waals surface area contributed by atoms with Crippen LogP contribution in [0.1, 0.15) is 18.1 Å². The first-order valence-electron chi connectivity index (χ1n) is 7.81. The highest BCUT2D eigenvalue weighted by atomic mass is 16.5. The van der Waals surface area contributed by atoms with E-state index in [-0.39, 0.29) is 0 Å². The van der Waals surface area contributed by atoms with Gasteiger partial charge in [0.05, 0.1) is 34.0 Å². The first kappa shape index (κ1) is 18.2. The van der Waals surface area contributed by atoms with Gasteiger partial charge in [0.15, 0.2) is 11.5 Å². The molecule has 0 atom stereocenters. The maximum Gasteiger partial charge on any atom is 0.161 e. The molecule has 0 saturated carbocycles. The fourth-order valence-corrected chi connectivity index (χ4v) is 2.51. The quantitative estimate of drug-likeness (QED) is 0.712. The normalized spacial score (nSPS) is 10.8. The van der Waals surface area contributed by atoms with Crippen molar-refractivity contribution >= 4 is 5.57 Å². The Labute approximate surface area is 148 Å². The van der Waals surface area contributed by atoms with Crippen LogP contribution < -0.4 is 18.9 Å². The molecule has 0 radical (unpaired) electrons. The van der Waals surface area contributed by atoms with Crippen molar-refractivity contribution in [3.05, 3.63) is 53.6 Å². The van der Waals surface area contributed by atoms with E-state index in [0.717, 1.165) is 16.7 Å². The Balaban J connectivity index is 2.60. The zero-order chi connectivity index (χ0) is 18.2. The van der Waals surface area contributed by atoms with E-state index in [1.807, 2.05) is 43.3 Å². The fourth-order valence-electron chi connectivity index (χ4n) is 2.51. The molecule has 0 aliphatic carbocycles. The lowest BCUT2D eigenvalue weighted by atomic mass is 9.96. The third-order valence-corrected chi connectivity index (χ3v) is 3.68. The number of allylic oxidation sites excluding steroid dienone is 1. The molecule has 5 nitrogen and oxygen atoms in total. The van der Waals surface area contributed by atoms with Gasteiger partial charge in [0.1, 0.15) is 11.5 Å². The van der Waals surface area contributed by atoms with Gasteiger partial charge in [0.25, 0.3) is 0 Å². The third kappa shape index (κ3) is 4.04. The van der Waals surface area contributed by atoms with Crippen LogP contribution in [0.5, 0.6) is 23.0 Å². The van der Waals surface area contributed by atoms with Crippen molar-refractivity contribution in [3.63, 3.8) is 0 Å². The van der Waals surface area contributed by atoms with Gasteiger partial charge in [-0.1, -0.05) is 6.07 Å². The van der Waals surface area contributed by atoms with Crippen LogP contribution in [0.3, 0.4) is 0 Å². The van der Waals surface area contributed by atoms with Crippen LogP contribution in [-0.2, 0) is 0 Å². The summed E-state index contributed by atoms with van der Waals surface area (Å²) in [6.07, 6.45) is 1.49. The van der Waals surface area contributed by atoms with Gasteiger partial charge in [-0.2, -0.15) is 5.26 Å². The Bertz CT molecular complexity index is 806. The Kier molecular flexibility index (Phi) is 6.30. The number of hydrogen-bond acceptors (Lipinski definition) is 5. The third-order valence-electron chi connectivity index (χ3n) is 3.68.